The Morgan fingerprint density at radius 1 is 1.33 bits per heavy atom. The van der Waals surface area contributed by atoms with Crippen molar-refractivity contribution >= 4 is 0 Å². The molecular weight excluding hydrogens is 260 g/mol. The molecule has 0 aliphatic carbocycles. The molecule has 0 radical (unpaired) electrons. The van der Waals surface area contributed by atoms with Gasteiger partial charge in [-0.1, -0.05) is 24.0 Å². The fraction of sp³-hybridized carbons (Fsp3) is 0.556. The molecule has 0 aromatic heterocycles. The van der Waals surface area contributed by atoms with E-state index in [1.807, 2.05) is 6.07 Å². The van der Waals surface area contributed by atoms with E-state index in [-0.39, 0.29) is 6.61 Å². The Labute approximate surface area is 128 Å². The fourth-order valence-electron chi connectivity index (χ4n) is 2.86. The van der Waals surface area contributed by atoms with Crippen molar-refractivity contribution in [2.75, 3.05) is 33.3 Å². The Hall–Kier alpha value is -1.34. The highest BCUT2D eigenvalue weighted by atomic mass is 16.2. The molecule has 1 saturated heterocycles. The molecule has 3 nitrogen and oxygen atoms in total. The summed E-state index contributed by atoms with van der Waals surface area (Å²) in [7, 11) is 2.21. The van der Waals surface area contributed by atoms with E-state index >= 15 is 0 Å². The molecular formula is C18H26N2O. The van der Waals surface area contributed by atoms with Gasteiger partial charge in [-0.2, -0.15) is 0 Å². The topological polar surface area (TPSA) is 26.7 Å². The quantitative estimate of drug-likeness (QED) is 0.860. The lowest BCUT2D eigenvalue weighted by Crippen LogP contribution is -2.37. The van der Waals surface area contributed by atoms with Crippen LogP contribution in [-0.2, 0) is 6.54 Å². The van der Waals surface area contributed by atoms with E-state index in [1.165, 1.54) is 18.5 Å². The molecule has 21 heavy (non-hydrogen) atoms. The van der Waals surface area contributed by atoms with E-state index in [9.17, 15) is 0 Å². The van der Waals surface area contributed by atoms with Crippen LogP contribution in [0.2, 0.25) is 0 Å². The molecule has 1 heterocycles. The van der Waals surface area contributed by atoms with Crippen LogP contribution in [0.15, 0.2) is 24.3 Å². The van der Waals surface area contributed by atoms with E-state index in [4.69, 9.17) is 5.11 Å². The van der Waals surface area contributed by atoms with Crippen LogP contribution in [0, 0.1) is 11.8 Å². The minimum absolute atomic E-state index is 0.130. The van der Waals surface area contributed by atoms with Crippen molar-refractivity contribution < 1.29 is 5.11 Å². The minimum Gasteiger partial charge on any atom is -0.395 e. The first-order chi connectivity index (χ1) is 10.2. The summed E-state index contributed by atoms with van der Waals surface area (Å²) in [6.45, 7) is 6.91. The van der Waals surface area contributed by atoms with Crippen LogP contribution in [0.1, 0.15) is 30.9 Å². The summed E-state index contributed by atoms with van der Waals surface area (Å²) in [4.78, 5) is 4.98. The zero-order valence-corrected chi connectivity index (χ0v) is 13.2. The van der Waals surface area contributed by atoms with Gasteiger partial charge in [-0.25, -0.2) is 0 Å². The number of hydrogen-bond acceptors (Lipinski definition) is 3. The molecule has 0 bridgehead atoms. The second-order valence-corrected chi connectivity index (χ2v) is 5.91. The lowest BCUT2D eigenvalue weighted by Gasteiger charge is -2.27. The molecule has 2 rings (SSSR count). The van der Waals surface area contributed by atoms with Crippen molar-refractivity contribution in [2.24, 2.45) is 0 Å². The van der Waals surface area contributed by atoms with Crippen molar-refractivity contribution in [3.8, 4) is 11.8 Å². The van der Waals surface area contributed by atoms with E-state index < -0.39 is 0 Å². The zero-order chi connectivity index (χ0) is 15.1. The molecule has 3 heteroatoms. The highest BCUT2D eigenvalue weighted by Crippen LogP contribution is 2.14. The van der Waals surface area contributed by atoms with Gasteiger partial charge in [-0.3, -0.25) is 4.90 Å². The predicted molar refractivity (Wildman–Crippen MR) is 87.0 cm³/mol. The van der Waals surface area contributed by atoms with E-state index in [0.29, 0.717) is 12.5 Å². The van der Waals surface area contributed by atoms with Gasteiger partial charge in [0.2, 0.25) is 0 Å². The third-order valence-electron chi connectivity index (χ3n) is 3.97. The summed E-state index contributed by atoms with van der Waals surface area (Å²) >= 11 is 0. The predicted octanol–water partition coefficient (Wildman–Crippen LogP) is 1.95. The molecule has 1 aliphatic rings. The highest BCUT2D eigenvalue weighted by molar-refractivity contribution is 5.37. The molecule has 1 fully saturated rings. The lowest BCUT2D eigenvalue weighted by molar-refractivity contribution is 0.194. The van der Waals surface area contributed by atoms with Crippen LogP contribution in [0.5, 0.6) is 0 Å². The normalized spacial score (nSPS) is 20.6. The first-order valence-corrected chi connectivity index (χ1v) is 7.80. The Kier molecular flexibility index (Phi) is 6.25. The number of aliphatic hydroxyl groups is 1. The van der Waals surface area contributed by atoms with Gasteiger partial charge in [0, 0.05) is 37.7 Å². The average Bonchev–Trinajstić information content (AvgIpc) is 2.61. The molecule has 1 N–H and O–H groups in total. The zero-order valence-electron chi connectivity index (χ0n) is 13.2. The van der Waals surface area contributed by atoms with Crippen LogP contribution >= 0.6 is 0 Å². The maximum Gasteiger partial charge on any atom is 0.0540 e. The van der Waals surface area contributed by atoms with Crippen molar-refractivity contribution in [3.63, 3.8) is 0 Å². The molecule has 0 spiro atoms. The first-order valence-electron chi connectivity index (χ1n) is 7.80. The number of likely N-dealkylation sites (N-methyl/N-ethyl adjacent to an activating group) is 1. The summed E-state index contributed by atoms with van der Waals surface area (Å²) in [5.41, 5.74) is 2.36. The van der Waals surface area contributed by atoms with Crippen molar-refractivity contribution in [1.29, 1.82) is 0 Å². The third-order valence-corrected chi connectivity index (χ3v) is 3.97. The number of nitrogens with zero attached hydrogens (tertiary/aromatic N) is 2. The maximum atomic E-state index is 8.78. The van der Waals surface area contributed by atoms with Gasteiger partial charge >= 0.3 is 0 Å². The second kappa shape index (κ2) is 8.19. The smallest absolute Gasteiger partial charge is 0.0540 e. The van der Waals surface area contributed by atoms with Crippen LogP contribution in [-0.4, -0.2) is 54.2 Å². The van der Waals surface area contributed by atoms with E-state index in [1.54, 1.807) is 0 Å². The number of rotatable bonds is 3. The Morgan fingerprint density at radius 2 is 2.19 bits per heavy atom. The molecule has 0 saturated carbocycles. The van der Waals surface area contributed by atoms with Crippen molar-refractivity contribution in [2.45, 2.75) is 32.4 Å². The average molecular weight is 286 g/mol. The van der Waals surface area contributed by atoms with Gasteiger partial charge in [0.25, 0.3) is 0 Å². The summed E-state index contributed by atoms with van der Waals surface area (Å²) in [6.07, 6.45) is 1.77. The second-order valence-electron chi connectivity index (χ2n) is 5.91. The molecule has 1 aromatic carbocycles. The van der Waals surface area contributed by atoms with Gasteiger partial charge in [-0.15, -0.1) is 0 Å². The third kappa shape index (κ3) is 5.17. The molecule has 1 atom stereocenters. The van der Waals surface area contributed by atoms with Gasteiger partial charge in [0.05, 0.1) is 6.61 Å². The monoisotopic (exact) mass is 286 g/mol. The standard InChI is InChI=1S/C18H26N2O/c1-16-14-19(2)10-6-11-20(16)15-18-9-5-8-17(13-18)7-3-4-12-21/h5,8-9,13,16,21H,4,6,10-12,14-15H2,1-2H3. The van der Waals surface area contributed by atoms with E-state index in [2.05, 4.69) is 53.8 Å². The summed E-state index contributed by atoms with van der Waals surface area (Å²) < 4.78 is 0. The Morgan fingerprint density at radius 3 is 3.00 bits per heavy atom. The van der Waals surface area contributed by atoms with Gasteiger partial charge in [-0.05, 0) is 44.6 Å². The minimum atomic E-state index is 0.130. The molecule has 1 unspecified atom stereocenters. The number of hydrogen-bond donors (Lipinski definition) is 1. The molecule has 0 amide bonds. The SMILES string of the molecule is CC1CN(C)CCCN1Cc1cccc(C#CCCO)c1. The Balaban J connectivity index is 2.02. The maximum absolute atomic E-state index is 8.78. The first kappa shape index (κ1) is 16.0. The van der Waals surface area contributed by atoms with Gasteiger partial charge in [0.1, 0.15) is 0 Å². The number of aliphatic hydroxyl groups excluding tert-OH is 1. The van der Waals surface area contributed by atoms with E-state index in [0.717, 1.165) is 25.2 Å². The summed E-state index contributed by atoms with van der Waals surface area (Å²) in [6, 6.07) is 9.05. The van der Waals surface area contributed by atoms with Crippen LogP contribution in [0.25, 0.3) is 0 Å². The van der Waals surface area contributed by atoms with Crippen molar-refractivity contribution in [1.82, 2.24) is 9.80 Å². The van der Waals surface area contributed by atoms with Gasteiger partial charge in [0.15, 0.2) is 0 Å². The van der Waals surface area contributed by atoms with Crippen LogP contribution in [0.4, 0.5) is 0 Å². The van der Waals surface area contributed by atoms with Crippen LogP contribution in [0.3, 0.4) is 0 Å². The fourth-order valence-corrected chi connectivity index (χ4v) is 2.86. The summed E-state index contributed by atoms with van der Waals surface area (Å²) in [5, 5.41) is 8.78. The van der Waals surface area contributed by atoms with Gasteiger partial charge < -0.3 is 10.0 Å². The Bertz CT molecular complexity index is 503. The van der Waals surface area contributed by atoms with Crippen molar-refractivity contribution in [3.05, 3.63) is 35.4 Å². The largest absolute Gasteiger partial charge is 0.395 e. The molecule has 114 valence electrons. The number of benzene rings is 1. The molecule has 1 aromatic rings. The lowest BCUT2D eigenvalue weighted by atomic mass is 10.1. The summed E-state index contributed by atoms with van der Waals surface area (Å²) in [5.74, 6) is 6.10. The highest BCUT2D eigenvalue weighted by Gasteiger charge is 2.19. The molecule has 1 aliphatic heterocycles. The van der Waals surface area contributed by atoms with Crippen LogP contribution < -0.4 is 0 Å².